The summed E-state index contributed by atoms with van der Waals surface area (Å²) in [6.07, 6.45) is 1.52. The summed E-state index contributed by atoms with van der Waals surface area (Å²) >= 11 is 6.27. The molecule has 28 heavy (non-hydrogen) atoms. The SMILES string of the molecule is CC(C)(C)NS(=O)(=O)c1ccc(Cl)c(-c2nc(CC3OCCC3(C)C)no2)c1. The molecule has 1 aliphatic rings. The minimum Gasteiger partial charge on any atom is -0.377 e. The van der Waals surface area contributed by atoms with Crippen molar-refractivity contribution < 1.29 is 17.7 Å². The van der Waals surface area contributed by atoms with Crippen molar-refractivity contribution in [2.45, 2.75) is 64.0 Å². The van der Waals surface area contributed by atoms with Gasteiger partial charge in [0, 0.05) is 18.6 Å². The van der Waals surface area contributed by atoms with Crippen LogP contribution in [0.1, 0.15) is 46.9 Å². The molecule has 2 heterocycles. The molecule has 9 heteroatoms. The smallest absolute Gasteiger partial charge is 0.259 e. The highest BCUT2D eigenvalue weighted by atomic mass is 35.5. The second-order valence-electron chi connectivity index (χ2n) is 8.82. The minimum atomic E-state index is -3.71. The second kappa shape index (κ2) is 7.40. The molecule has 1 unspecified atom stereocenters. The van der Waals surface area contributed by atoms with Crippen LogP contribution in [0.25, 0.3) is 11.5 Å². The molecule has 1 N–H and O–H groups in total. The summed E-state index contributed by atoms with van der Waals surface area (Å²) in [5.74, 6) is 0.690. The van der Waals surface area contributed by atoms with Gasteiger partial charge >= 0.3 is 0 Å². The zero-order valence-electron chi connectivity index (χ0n) is 16.7. The Hall–Kier alpha value is -1.48. The van der Waals surface area contributed by atoms with Crippen LogP contribution in [0.5, 0.6) is 0 Å². The Balaban J connectivity index is 1.87. The van der Waals surface area contributed by atoms with Crippen molar-refractivity contribution in [2.75, 3.05) is 6.61 Å². The molecule has 0 saturated carbocycles. The third-order valence-corrected chi connectivity index (χ3v) is 6.78. The number of hydrogen-bond acceptors (Lipinski definition) is 6. The highest BCUT2D eigenvalue weighted by Crippen LogP contribution is 2.36. The summed E-state index contributed by atoms with van der Waals surface area (Å²) in [6, 6.07) is 4.41. The first kappa shape index (κ1) is 21.2. The van der Waals surface area contributed by atoms with Crippen LogP contribution >= 0.6 is 11.6 Å². The summed E-state index contributed by atoms with van der Waals surface area (Å²) in [5, 5.41) is 4.36. The standard InChI is InChI=1S/C19H26ClN3O4S/c1-18(2,3)23-28(24,25)12-6-7-14(20)13(10-12)17-21-16(22-27-17)11-15-19(4,5)8-9-26-15/h6-7,10,15,23H,8-9,11H2,1-5H3. The van der Waals surface area contributed by atoms with Crippen LogP contribution < -0.4 is 4.72 Å². The fourth-order valence-corrected chi connectivity index (χ4v) is 4.74. The lowest BCUT2D eigenvalue weighted by molar-refractivity contribution is 0.0624. The topological polar surface area (TPSA) is 94.3 Å². The van der Waals surface area contributed by atoms with Gasteiger partial charge in [-0.05, 0) is 50.8 Å². The van der Waals surface area contributed by atoms with Gasteiger partial charge in [-0.25, -0.2) is 13.1 Å². The Morgan fingerprint density at radius 2 is 2.04 bits per heavy atom. The van der Waals surface area contributed by atoms with Crippen LogP contribution in [-0.2, 0) is 21.2 Å². The Bertz CT molecular complexity index is 964. The number of halogens is 1. The number of hydrogen-bond donors (Lipinski definition) is 1. The molecular formula is C19H26ClN3O4S. The summed E-state index contributed by atoms with van der Waals surface area (Å²) in [6.45, 7) is 10.3. The first-order chi connectivity index (χ1) is 12.9. The first-order valence-electron chi connectivity index (χ1n) is 9.15. The van der Waals surface area contributed by atoms with E-state index in [1.165, 1.54) is 18.2 Å². The zero-order chi connectivity index (χ0) is 20.7. The molecule has 1 atom stereocenters. The van der Waals surface area contributed by atoms with Crippen molar-refractivity contribution in [3.63, 3.8) is 0 Å². The summed E-state index contributed by atoms with van der Waals surface area (Å²) < 4.78 is 39.0. The number of sulfonamides is 1. The van der Waals surface area contributed by atoms with Crippen molar-refractivity contribution in [1.29, 1.82) is 0 Å². The lowest BCUT2D eigenvalue weighted by Gasteiger charge is -2.23. The third kappa shape index (κ3) is 4.74. The van der Waals surface area contributed by atoms with E-state index in [2.05, 4.69) is 28.7 Å². The number of aromatic nitrogens is 2. The fourth-order valence-electron chi connectivity index (χ4n) is 3.10. The predicted molar refractivity (Wildman–Crippen MR) is 107 cm³/mol. The lowest BCUT2D eigenvalue weighted by Crippen LogP contribution is -2.40. The van der Waals surface area contributed by atoms with Gasteiger partial charge in [-0.2, -0.15) is 4.98 Å². The Morgan fingerprint density at radius 1 is 1.32 bits per heavy atom. The number of rotatable bonds is 5. The largest absolute Gasteiger partial charge is 0.377 e. The average molecular weight is 428 g/mol. The lowest BCUT2D eigenvalue weighted by atomic mass is 9.84. The van der Waals surface area contributed by atoms with Crippen molar-refractivity contribution in [2.24, 2.45) is 5.41 Å². The molecule has 0 bridgehead atoms. The highest BCUT2D eigenvalue weighted by molar-refractivity contribution is 7.89. The highest BCUT2D eigenvalue weighted by Gasteiger charge is 2.36. The van der Waals surface area contributed by atoms with Crippen LogP contribution in [0.2, 0.25) is 5.02 Å². The maximum Gasteiger partial charge on any atom is 0.259 e. The van der Waals surface area contributed by atoms with Gasteiger partial charge in [0.05, 0.1) is 21.6 Å². The predicted octanol–water partition coefficient (Wildman–Crippen LogP) is 3.82. The van der Waals surface area contributed by atoms with Crippen LogP contribution in [0.4, 0.5) is 0 Å². The van der Waals surface area contributed by atoms with Gasteiger partial charge in [-0.1, -0.05) is 30.6 Å². The first-order valence-corrected chi connectivity index (χ1v) is 11.0. The van der Waals surface area contributed by atoms with Crippen LogP contribution in [0.3, 0.4) is 0 Å². The number of ether oxygens (including phenoxy) is 1. The van der Waals surface area contributed by atoms with Gasteiger partial charge in [0.25, 0.3) is 5.89 Å². The third-order valence-electron chi connectivity index (χ3n) is 4.69. The van der Waals surface area contributed by atoms with Gasteiger partial charge in [-0.3, -0.25) is 0 Å². The Labute approximate surface area is 170 Å². The average Bonchev–Trinajstić information content (AvgIpc) is 3.12. The van der Waals surface area contributed by atoms with Gasteiger partial charge in [0.1, 0.15) is 0 Å². The van der Waals surface area contributed by atoms with E-state index < -0.39 is 15.6 Å². The molecule has 0 spiro atoms. The van der Waals surface area contributed by atoms with Crippen molar-refractivity contribution in [3.8, 4) is 11.5 Å². The Kier molecular flexibility index (Phi) is 5.62. The quantitative estimate of drug-likeness (QED) is 0.779. The molecule has 0 amide bonds. The molecule has 0 aliphatic carbocycles. The van der Waals surface area contributed by atoms with Gasteiger partial charge < -0.3 is 9.26 Å². The maximum absolute atomic E-state index is 12.6. The molecule has 3 rings (SSSR count). The van der Waals surface area contributed by atoms with E-state index in [-0.39, 0.29) is 22.3 Å². The molecule has 154 valence electrons. The summed E-state index contributed by atoms with van der Waals surface area (Å²) in [5.41, 5.74) is -0.182. The van der Waals surface area contributed by atoms with E-state index in [1.807, 2.05) is 0 Å². The van der Waals surface area contributed by atoms with Crippen LogP contribution in [0, 0.1) is 5.41 Å². The van der Waals surface area contributed by atoms with Crippen LogP contribution in [-0.4, -0.2) is 36.8 Å². The maximum atomic E-state index is 12.6. The number of nitrogens with zero attached hydrogens (tertiary/aromatic N) is 2. The number of benzene rings is 1. The zero-order valence-corrected chi connectivity index (χ0v) is 18.3. The molecular weight excluding hydrogens is 402 g/mol. The van der Waals surface area contributed by atoms with Gasteiger partial charge in [0.2, 0.25) is 10.0 Å². The van der Waals surface area contributed by atoms with E-state index >= 15 is 0 Å². The summed E-state index contributed by atoms with van der Waals surface area (Å²) in [7, 11) is -3.71. The number of nitrogens with one attached hydrogen (secondary N) is 1. The molecule has 1 fully saturated rings. The Morgan fingerprint density at radius 3 is 2.64 bits per heavy atom. The van der Waals surface area contributed by atoms with Gasteiger partial charge in [-0.15, -0.1) is 0 Å². The van der Waals surface area contributed by atoms with E-state index in [1.54, 1.807) is 20.8 Å². The van der Waals surface area contributed by atoms with Gasteiger partial charge in [0.15, 0.2) is 5.82 Å². The van der Waals surface area contributed by atoms with E-state index in [4.69, 9.17) is 20.9 Å². The fraction of sp³-hybridized carbons (Fsp3) is 0.579. The second-order valence-corrected chi connectivity index (χ2v) is 10.9. The molecule has 1 aromatic heterocycles. The van der Waals surface area contributed by atoms with Crippen LogP contribution in [0.15, 0.2) is 27.6 Å². The molecule has 1 saturated heterocycles. The molecule has 0 radical (unpaired) electrons. The normalized spacial score (nSPS) is 19.9. The van der Waals surface area contributed by atoms with Crippen molar-refractivity contribution >= 4 is 21.6 Å². The molecule has 1 aliphatic heterocycles. The van der Waals surface area contributed by atoms with Crippen molar-refractivity contribution in [1.82, 2.24) is 14.9 Å². The monoisotopic (exact) mass is 427 g/mol. The van der Waals surface area contributed by atoms with E-state index in [9.17, 15) is 8.42 Å². The van der Waals surface area contributed by atoms with E-state index in [0.717, 1.165) is 13.0 Å². The molecule has 2 aromatic rings. The van der Waals surface area contributed by atoms with Crippen molar-refractivity contribution in [3.05, 3.63) is 29.0 Å². The summed E-state index contributed by atoms with van der Waals surface area (Å²) in [4.78, 5) is 4.50. The molecule has 7 nitrogen and oxygen atoms in total. The minimum absolute atomic E-state index is 0.0103. The van der Waals surface area contributed by atoms with E-state index in [0.29, 0.717) is 22.8 Å². The molecule has 1 aromatic carbocycles.